The predicted molar refractivity (Wildman–Crippen MR) is 70.9 cm³/mol. The molecule has 0 bridgehead atoms. The van der Waals surface area contributed by atoms with Crippen molar-refractivity contribution < 1.29 is 4.74 Å². The van der Waals surface area contributed by atoms with Gasteiger partial charge in [0.2, 0.25) is 0 Å². The first-order chi connectivity index (χ1) is 8.25. The molecule has 17 heavy (non-hydrogen) atoms. The quantitative estimate of drug-likeness (QED) is 0.890. The maximum atomic E-state index is 5.90. The minimum Gasteiger partial charge on any atom is -0.492 e. The molecule has 0 aliphatic carbocycles. The summed E-state index contributed by atoms with van der Waals surface area (Å²) in [6.45, 7) is 7.16. The van der Waals surface area contributed by atoms with E-state index >= 15 is 0 Å². The molecule has 0 unspecified atom stereocenters. The third-order valence-electron chi connectivity index (χ3n) is 3.08. The summed E-state index contributed by atoms with van der Waals surface area (Å²) < 4.78 is 5.69. The monoisotopic (exact) mass is 254 g/mol. The van der Waals surface area contributed by atoms with E-state index in [4.69, 9.17) is 16.3 Å². The molecule has 1 aromatic rings. The second kappa shape index (κ2) is 6.24. The van der Waals surface area contributed by atoms with Crippen LogP contribution in [0.5, 0.6) is 5.75 Å². The van der Waals surface area contributed by atoms with Gasteiger partial charge in [0.25, 0.3) is 0 Å². The molecule has 1 atom stereocenters. The van der Waals surface area contributed by atoms with Crippen molar-refractivity contribution >= 4 is 11.6 Å². The van der Waals surface area contributed by atoms with Gasteiger partial charge >= 0.3 is 0 Å². The van der Waals surface area contributed by atoms with Crippen LogP contribution >= 0.6 is 11.6 Å². The fraction of sp³-hybridized carbons (Fsp3) is 0.538. The van der Waals surface area contributed by atoms with Crippen LogP contribution in [0.2, 0.25) is 5.02 Å². The van der Waals surface area contributed by atoms with Crippen LogP contribution in [0.3, 0.4) is 0 Å². The normalized spacial score (nSPS) is 21.4. The Kier molecular flexibility index (Phi) is 4.66. The van der Waals surface area contributed by atoms with Crippen molar-refractivity contribution in [1.29, 1.82) is 0 Å². The number of halogens is 1. The average molecular weight is 255 g/mol. The lowest BCUT2D eigenvalue weighted by Crippen LogP contribution is -2.50. The number of piperazine rings is 1. The molecule has 0 aromatic heterocycles. The summed E-state index contributed by atoms with van der Waals surface area (Å²) in [6.07, 6.45) is 0. The third-order valence-corrected chi connectivity index (χ3v) is 3.32. The summed E-state index contributed by atoms with van der Waals surface area (Å²) in [6, 6.07) is 8.14. The summed E-state index contributed by atoms with van der Waals surface area (Å²) in [4.78, 5) is 2.45. The molecule has 3 nitrogen and oxygen atoms in total. The Bertz CT molecular complexity index is 359. The highest BCUT2D eigenvalue weighted by molar-refractivity contribution is 6.30. The third kappa shape index (κ3) is 3.87. The van der Waals surface area contributed by atoms with Gasteiger partial charge in [-0.25, -0.2) is 0 Å². The number of benzene rings is 1. The van der Waals surface area contributed by atoms with Gasteiger partial charge in [0.15, 0.2) is 0 Å². The zero-order chi connectivity index (χ0) is 12.1. The van der Waals surface area contributed by atoms with Crippen molar-refractivity contribution in [2.45, 2.75) is 13.0 Å². The van der Waals surface area contributed by atoms with Crippen molar-refractivity contribution in [1.82, 2.24) is 10.2 Å². The van der Waals surface area contributed by atoms with Gasteiger partial charge in [-0.15, -0.1) is 0 Å². The molecule has 1 aliphatic heterocycles. The van der Waals surface area contributed by atoms with Crippen LogP contribution in [-0.4, -0.2) is 43.7 Å². The molecule has 1 aromatic carbocycles. The SMILES string of the molecule is C[C@@H]1CNCCN1CCOc1cccc(Cl)c1. The number of ether oxygens (including phenoxy) is 1. The Balaban J connectivity index is 1.75. The minimum atomic E-state index is 0.590. The van der Waals surface area contributed by atoms with Crippen molar-refractivity contribution in [2.75, 3.05) is 32.8 Å². The molecule has 2 rings (SSSR count). The second-order valence-electron chi connectivity index (χ2n) is 4.39. The summed E-state index contributed by atoms with van der Waals surface area (Å²) >= 11 is 5.90. The largest absolute Gasteiger partial charge is 0.492 e. The molecule has 94 valence electrons. The molecule has 4 heteroatoms. The Morgan fingerprint density at radius 3 is 3.18 bits per heavy atom. The van der Waals surface area contributed by atoms with Gasteiger partial charge in [-0.1, -0.05) is 17.7 Å². The van der Waals surface area contributed by atoms with Gasteiger partial charge in [0.05, 0.1) is 0 Å². The zero-order valence-corrected chi connectivity index (χ0v) is 10.9. The Hall–Kier alpha value is -0.770. The summed E-state index contributed by atoms with van der Waals surface area (Å²) in [5.74, 6) is 0.847. The van der Waals surface area contributed by atoms with E-state index in [2.05, 4.69) is 17.1 Å². The van der Waals surface area contributed by atoms with E-state index in [1.54, 1.807) is 0 Å². The molecular formula is C13H19ClN2O. The first-order valence-corrected chi connectivity index (χ1v) is 6.46. The number of nitrogens with one attached hydrogen (secondary N) is 1. The predicted octanol–water partition coefficient (Wildman–Crippen LogP) is 2.01. The number of rotatable bonds is 4. The van der Waals surface area contributed by atoms with Crippen molar-refractivity contribution in [3.63, 3.8) is 0 Å². The van der Waals surface area contributed by atoms with Gasteiger partial charge in [0.1, 0.15) is 12.4 Å². The highest BCUT2D eigenvalue weighted by Crippen LogP contribution is 2.17. The summed E-state index contributed by atoms with van der Waals surface area (Å²) in [5, 5.41) is 4.10. The lowest BCUT2D eigenvalue weighted by Gasteiger charge is -2.33. The molecule has 1 N–H and O–H groups in total. The van der Waals surface area contributed by atoms with Crippen molar-refractivity contribution in [3.05, 3.63) is 29.3 Å². The van der Waals surface area contributed by atoms with Gasteiger partial charge in [-0.05, 0) is 25.1 Å². The lowest BCUT2D eigenvalue weighted by molar-refractivity contribution is 0.143. The van der Waals surface area contributed by atoms with Crippen LogP contribution in [0, 0.1) is 0 Å². The fourth-order valence-corrected chi connectivity index (χ4v) is 2.23. The van der Waals surface area contributed by atoms with Crippen LogP contribution in [0.15, 0.2) is 24.3 Å². The Morgan fingerprint density at radius 1 is 1.53 bits per heavy atom. The van der Waals surface area contributed by atoms with Crippen LogP contribution in [0.4, 0.5) is 0 Å². The Labute approximate surface area is 108 Å². The van der Waals surface area contributed by atoms with E-state index in [0.717, 1.165) is 37.0 Å². The first kappa shape index (κ1) is 12.7. The maximum Gasteiger partial charge on any atom is 0.120 e. The van der Waals surface area contributed by atoms with Crippen molar-refractivity contribution in [3.8, 4) is 5.75 Å². The van der Waals surface area contributed by atoms with Gasteiger partial charge < -0.3 is 10.1 Å². The molecule has 0 amide bonds. The molecule has 0 radical (unpaired) electrons. The fourth-order valence-electron chi connectivity index (χ4n) is 2.05. The minimum absolute atomic E-state index is 0.590. The second-order valence-corrected chi connectivity index (χ2v) is 4.83. The molecule has 1 fully saturated rings. The highest BCUT2D eigenvalue weighted by atomic mass is 35.5. The molecular weight excluding hydrogens is 236 g/mol. The smallest absolute Gasteiger partial charge is 0.120 e. The van der Waals surface area contributed by atoms with E-state index in [9.17, 15) is 0 Å². The standard InChI is InChI=1S/C13H19ClN2O/c1-11-10-15-5-6-16(11)7-8-17-13-4-2-3-12(14)9-13/h2-4,9,11,15H,5-8,10H2,1H3/t11-/m1/s1. The summed E-state index contributed by atoms with van der Waals surface area (Å²) in [7, 11) is 0. The van der Waals surface area contributed by atoms with Crippen LogP contribution in [0.1, 0.15) is 6.92 Å². The van der Waals surface area contributed by atoms with Crippen molar-refractivity contribution in [2.24, 2.45) is 0 Å². The zero-order valence-electron chi connectivity index (χ0n) is 10.2. The van der Waals surface area contributed by atoms with Crippen LogP contribution < -0.4 is 10.1 Å². The molecule has 0 spiro atoms. The van der Waals surface area contributed by atoms with E-state index in [0.29, 0.717) is 12.6 Å². The van der Waals surface area contributed by atoms with Crippen LogP contribution in [-0.2, 0) is 0 Å². The molecule has 0 saturated carbocycles. The Morgan fingerprint density at radius 2 is 2.41 bits per heavy atom. The van der Waals surface area contributed by atoms with Crippen LogP contribution in [0.25, 0.3) is 0 Å². The van der Waals surface area contributed by atoms with Gasteiger partial charge in [0, 0.05) is 37.2 Å². The van der Waals surface area contributed by atoms with E-state index < -0.39 is 0 Å². The maximum absolute atomic E-state index is 5.90. The molecule has 1 aliphatic rings. The van der Waals surface area contributed by atoms with Gasteiger partial charge in [-0.3, -0.25) is 4.90 Å². The highest BCUT2D eigenvalue weighted by Gasteiger charge is 2.16. The molecule has 1 heterocycles. The topological polar surface area (TPSA) is 24.5 Å². The number of nitrogens with zero attached hydrogens (tertiary/aromatic N) is 1. The van der Waals surface area contributed by atoms with E-state index in [-0.39, 0.29) is 0 Å². The lowest BCUT2D eigenvalue weighted by atomic mass is 10.2. The number of hydrogen-bond donors (Lipinski definition) is 1. The average Bonchev–Trinajstić information content (AvgIpc) is 2.32. The van der Waals surface area contributed by atoms with E-state index in [1.165, 1.54) is 0 Å². The van der Waals surface area contributed by atoms with E-state index in [1.807, 2.05) is 24.3 Å². The summed E-state index contributed by atoms with van der Waals surface area (Å²) in [5.41, 5.74) is 0. The van der Waals surface area contributed by atoms with Gasteiger partial charge in [-0.2, -0.15) is 0 Å². The first-order valence-electron chi connectivity index (χ1n) is 6.09. The number of hydrogen-bond acceptors (Lipinski definition) is 3. The molecule has 1 saturated heterocycles.